The first kappa shape index (κ1) is 10.9. The van der Waals surface area contributed by atoms with E-state index in [1.807, 2.05) is 7.05 Å². The molecule has 2 fully saturated rings. The average Bonchev–Trinajstić information content (AvgIpc) is 3.11. The van der Waals surface area contributed by atoms with Gasteiger partial charge >= 0.3 is 0 Å². The third-order valence-corrected chi connectivity index (χ3v) is 3.93. The smallest absolute Gasteiger partial charge is 0.225 e. The number of carbonyl (C=O) groups excluding carboxylic acids is 1. The molecule has 1 N–H and O–H groups in total. The second-order valence-corrected chi connectivity index (χ2v) is 5.01. The maximum atomic E-state index is 12.1. The molecule has 3 heteroatoms. The van der Waals surface area contributed by atoms with Crippen molar-refractivity contribution in [3.8, 4) is 0 Å². The van der Waals surface area contributed by atoms with Crippen LogP contribution in [0.1, 0.15) is 32.6 Å². The molecule has 1 unspecified atom stereocenters. The summed E-state index contributed by atoms with van der Waals surface area (Å²) in [6.45, 7) is 3.99. The van der Waals surface area contributed by atoms with Crippen molar-refractivity contribution in [3.63, 3.8) is 0 Å². The van der Waals surface area contributed by atoms with Gasteiger partial charge < -0.3 is 10.2 Å². The number of nitrogens with zero attached hydrogens (tertiary/aromatic N) is 1. The highest BCUT2D eigenvalue weighted by Crippen LogP contribution is 2.37. The van der Waals surface area contributed by atoms with Gasteiger partial charge in [-0.15, -0.1) is 0 Å². The Hall–Kier alpha value is -0.570. The van der Waals surface area contributed by atoms with E-state index in [4.69, 9.17) is 0 Å². The van der Waals surface area contributed by atoms with E-state index in [1.54, 1.807) is 0 Å². The Kier molecular flexibility index (Phi) is 3.29. The second kappa shape index (κ2) is 4.52. The molecule has 0 aromatic heterocycles. The summed E-state index contributed by atoms with van der Waals surface area (Å²) in [5, 5.41) is 3.29. The summed E-state index contributed by atoms with van der Waals surface area (Å²) in [5.74, 6) is 1.36. The first-order valence-electron chi connectivity index (χ1n) is 6.18. The van der Waals surface area contributed by atoms with Gasteiger partial charge in [0.05, 0.1) is 0 Å². The normalized spacial score (nSPS) is 25.3. The van der Waals surface area contributed by atoms with E-state index >= 15 is 0 Å². The molecule has 0 aromatic carbocycles. The fraction of sp³-hybridized carbons (Fsp3) is 0.917. The van der Waals surface area contributed by atoms with Crippen molar-refractivity contribution in [2.45, 2.75) is 38.6 Å². The molecule has 86 valence electrons. The predicted molar refractivity (Wildman–Crippen MR) is 60.5 cm³/mol. The zero-order valence-corrected chi connectivity index (χ0v) is 9.83. The number of rotatable bonds is 3. The van der Waals surface area contributed by atoms with Crippen LogP contribution in [0.5, 0.6) is 0 Å². The largest absolute Gasteiger partial charge is 0.342 e. The zero-order chi connectivity index (χ0) is 10.8. The van der Waals surface area contributed by atoms with Crippen LogP contribution in [-0.2, 0) is 4.79 Å². The number of carbonyl (C=O) groups is 1. The number of nitrogens with one attached hydrogen (secondary N) is 1. The van der Waals surface area contributed by atoms with Crippen LogP contribution in [0, 0.1) is 11.8 Å². The Bertz CT molecular complexity index is 230. The molecule has 1 saturated heterocycles. The van der Waals surface area contributed by atoms with Crippen LogP contribution in [0.25, 0.3) is 0 Å². The van der Waals surface area contributed by atoms with Crippen LogP contribution in [0.4, 0.5) is 0 Å². The molecule has 0 bridgehead atoms. The Labute approximate surface area is 92.2 Å². The van der Waals surface area contributed by atoms with E-state index in [9.17, 15) is 4.79 Å². The lowest BCUT2D eigenvalue weighted by Gasteiger charge is -2.33. The van der Waals surface area contributed by atoms with E-state index in [0.717, 1.165) is 25.9 Å². The molecule has 1 aliphatic carbocycles. The third-order valence-electron chi connectivity index (χ3n) is 3.93. The maximum Gasteiger partial charge on any atom is 0.225 e. The van der Waals surface area contributed by atoms with Crippen molar-refractivity contribution in [1.29, 1.82) is 0 Å². The number of amides is 1. The molecule has 1 saturated carbocycles. The van der Waals surface area contributed by atoms with Gasteiger partial charge in [0.15, 0.2) is 0 Å². The van der Waals surface area contributed by atoms with Crippen molar-refractivity contribution in [1.82, 2.24) is 10.2 Å². The Balaban J connectivity index is 1.81. The first-order chi connectivity index (χ1) is 7.22. The highest BCUT2D eigenvalue weighted by Gasteiger charge is 2.35. The number of hydrogen-bond acceptors (Lipinski definition) is 2. The summed E-state index contributed by atoms with van der Waals surface area (Å²) in [4.78, 5) is 14.1. The summed E-state index contributed by atoms with van der Waals surface area (Å²) in [6, 6.07) is 0.616. The topological polar surface area (TPSA) is 32.3 Å². The van der Waals surface area contributed by atoms with E-state index < -0.39 is 0 Å². The lowest BCUT2D eigenvalue weighted by Crippen LogP contribution is -2.45. The number of hydrogen-bond donors (Lipinski definition) is 1. The van der Waals surface area contributed by atoms with Gasteiger partial charge in [0, 0.05) is 25.0 Å². The van der Waals surface area contributed by atoms with Crippen LogP contribution in [0.3, 0.4) is 0 Å². The van der Waals surface area contributed by atoms with Gasteiger partial charge in [0.1, 0.15) is 0 Å². The summed E-state index contributed by atoms with van der Waals surface area (Å²) in [6.07, 6.45) is 4.75. The first-order valence-corrected chi connectivity index (χ1v) is 6.18. The fourth-order valence-corrected chi connectivity index (χ4v) is 2.47. The minimum atomic E-state index is 0.274. The molecular formula is C12H22N2O. The maximum absolute atomic E-state index is 12.1. The van der Waals surface area contributed by atoms with Crippen LogP contribution in [0.2, 0.25) is 0 Å². The second-order valence-electron chi connectivity index (χ2n) is 5.01. The molecule has 0 aromatic rings. The molecule has 1 atom stereocenters. The Morgan fingerprint density at radius 1 is 1.27 bits per heavy atom. The minimum absolute atomic E-state index is 0.274. The standard InChI is InChI=1S/C12H22N2O/c1-9(10-3-4-10)12(15)14-7-5-11(13-2)6-8-14/h9-11,13H,3-8H2,1-2H3. The van der Waals surface area contributed by atoms with Crippen LogP contribution in [-0.4, -0.2) is 37.0 Å². The lowest BCUT2D eigenvalue weighted by atomic mass is 10.0. The summed E-state index contributed by atoms with van der Waals surface area (Å²) in [5.41, 5.74) is 0. The Morgan fingerprint density at radius 3 is 2.33 bits per heavy atom. The van der Waals surface area contributed by atoms with Crippen molar-refractivity contribution >= 4 is 5.91 Å². The molecule has 1 heterocycles. The SMILES string of the molecule is CNC1CCN(C(=O)C(C)C2CC2)CC1. The van der Waals surface area contributed by atoms with E-state index in [-0.39, 0.29) is 5.92 Å². The van der Waals surface area contributed by atoms with Crippen molar-refractivity contribution in [3.05, 3.63) is 0 Å². The third kappa shape index (κ3) is 2.51. The molecule has 15 heavy (non-hydrogen) atoms. The number of piperidine rings is 1. The molecule has 0 radical (unpaired) electrons. The van der Waals surface area contributed by atoms with Gasteiger partial charge in [0.25, 0.3) is 0 Å². The fourth-order valence-electron chi connectivity index (χ4n) is 2.47. The van der Waals surface area contributed by atoms with E-state index in [0.29, 0.717) is 17.9 Å². The molecular weight excluding hydrogens is 188 g/mol. The summed E-state index contributed by atoms with van der Waals surface area (Å²) >= 11 is 0. The van der Waals surface area contributed by atoms with Crippen molar-refractivity contribution in [2.75, 3.05) is 20.1 Å². The van der Waals surface area contributed by atoms with Gasteiger partial charge in [-0.05, 0) is 38.6 Å². The van der Waals surface area contributed by atoms with E-state index in [2.05, 4.69) is 17.1 Å². The van der Waals surface area contributed by atoms with Gasteiger partial charge in [0.2, 0.25) is 5.91 Å². The zero-order valence-electron chi connectivity index (χ0n) is 9.83. The highest BCUT2D eigenvalue weighted by molar-refractivity contribution is 5.79. The van der Waals surface area contributed by atoms with Crippen molar-refractivity contribution < 1.29 is 4.79 Å². The van der Waals surface area contributed by atoms with Gasteiger partial charge in [-0.1, -0.05) is 6.92 Å². The average molecular weight is 210 g/mol. The quantitative estimate of drug-likeness (QED) is 0.760. The molecule has 1 amide bonds. The molecule has 3 nitrogen and oxygen atoms in total. The van der Waals surface area contributed by atoms with Gasteiger partial charge in [-0.3, -0.25) is 4.79 Å². The Morgan fingerprint density at radius 2 is 1.87 bits per heavy atom. The van der Waals surface area contributed by atoms with Crippen LogP contribution < -0.4 is 5.32 Å². The van der Waals surface area contributed by atoms with Crippen LogP contribution in [0.15, 0.2) is 0 Å². The molecule has 2 rings (SSSR count). The predicted octanol–water partition coefficient (Wildman–Crippen LogP) is 1.24. The van der Waals surface area contributed by atoms with Gasteiger partial charge in [-0.25, -0.2) is 0 Å². The van der Waals surface area contributed by atoms with Crippen molar-refractivity contribution in [2.24, 2.45) is 11.8 Å². The summed E-state index contributed by atoms with van der Waals surface area (Å²) < 4.78 is 0. The highest BCUT2D eigenvalue weighted by atomic mass is 16.2. The monoisotopic (exact) mass is 210 g/mol. The molecule has 2 aliphatic rings. The van der Waals surface area contributed by atoms with Crippen LogP contribution >= 0.6 is 0 Å². The van der Waals surface area contributed by atoms with E-state index in [1.165, 1.54) is 12.8 Å². The number of likely N-dealkylation sites (tertiary alicyclic amines) is 1. The van der Waals surface area contributed by atoms with Gasteiger partial charge in [-0.2, -0.15) is 0 Å². The summed E-state index contributed by atoms with van der Waals surface area (Å²) in [7, 11) is 2.01. The molecule has 1 aliphatic heterocycles. The molecule has 0 spiro atoms. The lowest BCUT2D eigenvalue weighted by molar-refractivity contribution is -0.136. The minimum Gasteiger partial charge on any atom is -0.342 e.